The van der Waals surface area contributed by atoms with Gasteiger partial charge in [0.2, 0.25) is 0 Å². The number of unbranched alkanes of at least 4 members (excludes halogenated alkanes) is 9. The maximum absolute atomic E-state index is 11.2. The maximum Gasteiger partial charge on any atom is 0.316 e. The molecule has 0 aromatic carbocycles. The molecule has 0 aliphatic rings. The summed E-state index contributed by atoms with van der Waals surface area (Å²) < 4.78 is 0.561. The number of carbonyl (C=O) groups is 1. The third-order valence-corrected chi connectivity index (χ3v) is 6.61. The highest BCUT2D eigenvalue weighted by Gasteiger charge is 2.36. The van der Waals surface area contributed by atoms with Crippen molar-refractivity contribution in [3.63, 3.8) is 0 Å². The number of thiol groups is 1. The molecule has 0 fully saturated rings. The number of hydrogen-bond acceptors (Lipinski definition) is 4. The molecule has 0 aliphatic carbocycles. The summed E-state index contributed by atoms with van der Waals surface area (Å²) >= 11 is 10.9. The molecule has 130 valence electrons. The van der Waals surface area contributed by atoms with E-state index in [0.717, 1.165) is 12.2 Å². The molecule has 0 heterocycles. The lowest BCUT2D eigenvalue weighted by atomic mass is 9.96. The minimum atomic E-state index is -0.985. The smallest absolute Gasteiger partial charge is 0.316 e. The number of carboxylic acid groups (broad SMARTS) is 1. The summed E-state index contributed by atoms with van der Waals surface area (Å²) in [5, 5.41) is 9.23. The van der Waals surface area contributed by atoms with E-state index in [1.165, 1.54) is 69.5 Å². The molecular weight excluding hydrogens is 332 g/mol. The molecule has 0 rings (SSSR count). The van der Waals surface area contributed by atoms with Crippen LogP contribution in [0.5, 0.6) is 0 Å². The zero-order chi connectivity index (χ0) is 16.8. The number of carboxylic acids is 1. The van der Waals surface area contributed by atoms with E-state index in [0.29, 0.717) is 4.20 Å². The van der Waals surface area contributed by atoms with Gasteiger partial charge >= 0.3 is 5.97 Å². The van der Waals surface area contributed by atoms with E-state index in [4.69, 9.17) is 12.2 Å². The Bertz CT molecular complexity index is 321. The van der Waals surface area contributed by atoms with Crippen molar-refractivity contribution in [3.05, 3.63) is 0 Å². The predicted octanol–water partition coefficient (Wildman–Crippen LogP) is 5.99. The van der Waals surface area contributed by atoms with Crippen molar-refractivity contribution in [2.24, 2.45) is 5.41 Å². The van der Waals surface area contributed by atoms with Gasteiger partial charge in [0, 0.05) is 5.75 Å². The van der Waals surface area contributed by atoms with Crippen LogP contribution in [-0.2, 0) is 4.79 Å². The monoisotopic (exact) mass is 364 g/mol. The van der Waals surface area contributed by atoms with E-state index < -0.39 is 11.4 Å². The van der Waals surface area contributed by atoms with Crippen LogP contribution in [0.2, 0.25) is 0 Å². The quantitative estimate of drug-likeness (QED) is 0.225. The van der Waals surface area contributed by atoms with Gasteiger partial charge in [-0.2, -0.15) is 12.6 Å². The lowest BCUT2D eigenvalue weighted by molar-refractivity contribution is -0.142. The van der Waals surface area contributed by atoms with Gasteiger partial charge in [0.1, 0.15) is 5.41 Å². The van der Waals surface area contributed by atoms with Crippen molar-refractivity contribution in [1.29, 1.82) is 0 Å². The van der Waals surface area contributed by atoms with Gasteiger partial charge in [-0.15, -0.1) is 11.8 Å². The summed E-state index contributed by atoms with van der Waals surface area (Å²) in [6, 6.07) is 0. The molecule has 1 N–H and O–H groups in total. The first-order chi connectivity index (χ1) is 10.5. The van der Waals surface area contributed by atoms with Crippen LogP contribution in [0.1, 0.15) is 78.1 Å². The summed E-state index contributed by atoms with van der Waals surface area (Å²) in [5.41, 5.74) is -0.985. The molecule has 1 unspecified atom stereocenters. The summed E-state index contributed by atoms with van der Waals surface area (Å²) in [4.78, 5) is 11.2. The summed E-state index contributed by atoms with van der Waals surface area (Å²) in [7, 11) is 0. The minimum Gasteiger partial charge on any atom is -0.481 e. The van der Waals surface area contributed by atoms with E-state index >= 15 is 0 Å². The second kappa shape index (κ2) is 13.7. The van der Waals surface area contributed by atoms with Crippen LogP contribution in [0.3, 0.4) is 0 Å². The third-order valence-electron chi connectivity index (χ3n) is 3.97. The van der Waals surface area contributed by atoms with Crippen LogP contribution < -0.4 is 0 Å². The zero-order valence-corrected chi connectivity index (χ0v) is 16.6. The first-order valence-corrected chi connectivity index (χ1v) is 10.5. The Kier molecular flexibility index (Phi) is 13.8. The van der Waals surface area contributed by atoms with Gasteiger partial charge in [0.05, 0.1) is 4.20 Å². The third kappa shape index (κ3) is 9.41. The lowest BCUT2D eigenvalue weighted by Gasteiger charge is -2.22. The highest BCUT2D eigenvalue weighted by Crippen LogP contribution is 2.29. The number of thiocarbonyl (C=S) groups is 1. The number of rotatable bonds is 14. The molecule has 0 radical (unpaired) electrons. The predicted molar refractivity (Wildman–Crippen MR) is 106 cm³/mol. The van der Waals surface area contributed by atoms with E-state index in [-0.39, 0.29) is 5.75 Å². The van der Waals surface area contributed by atoms with E-state index in [9.17, 15) is 9.90 Å². The standard InChI is InChI=1S/C17H32O2S3/c1-3-4-5-6-7-8-9-10-11-12-13-22-16(21)17(2,14-20)15(18)19/h20H,3-14H2,1-2H3,(H,18,19). The first-order valence-electron chi connectivity index (χ1n) is 8.50. The fraction of sp³-hybridized carbons (Fsp3) is 0.882. The Hall–Kier alpha value is 0.260. The molecule has 0 aromatic rings. The van der Waals surface area contributed by atoms with Gasteiger partial charge in [-0.05, 0) is 19.1 Å². The molecule has 1 atom stereocenters. The Morgan fingerprint density at radius 3 is 1.91 bits per heavy atom. The molecule has 0 saturated heterocycles. The second-order valence-electron chi connectivity index (χ2n) is 6.11. The SMILES string of the molecule is CCCCCCCCCCCCSC(=S)C(C)(CS)C(=O)O. The lowest BCUT2D eigenvalue weighted by Crippen LogP contribution is -2.35. The van der Waals surface area contributed by atoms with Gasteiger partial charge in [0.25, 0.3) is 0 Å². The van der Waals surface area contributed by atoms with Crippen LogP contribution in [0, 0.1) is 5.41 Å². The fourth-order valence-electron chi connectivity index (χ4n) is 2.13. The second-order valence-corrected chi connectivity index (χ2v) is 8.20. The van der Waals surface area contributed by atoms with Crippen molar-refractivity contribution in [2.75, 3.05) is 11.5 Å². The molecule has 5 heteroatoms. The van der Waals surface area contributed by atoms with Crippen LogP contribution >= 0.6 is 36.6 Å². The minimum absolute atomic E-state index is 0.256. The summed E-state index contributed by atoms with van der Waals surface area (Å²) in [6.07, 6.45) is 13.1. The van der Waals surface area contributed by atoms with E-state index in [1.54, 1.807) is 6.92 Å². The van der Waals surface area contributed by atoms with Gasteiger partial charge in [-0.25, -0.2) is 0 Å². The number of thioether (sulfide) groups is 1. The normalized spacial score (nSPS) is 13.8. The molecule has 0 aromatic heterocycles. The van der Waals surface area contributed by atoms with Crippen LogP contribution in [0.4, 0.5) is 0 Å². The van der Waals surface area contributed by atoms with Crippen LogP contribution in [0.15, 0.2) is 0 Å². The van der Waals surface area contributed by atoms with Crippen molar-refractivity contribution in [1.82, 2.24) is 0 Å². The summed E-state index contributed by atoms with van der Waals surface area (Å²) in [6.45, 7) is 3.91. The fourth-order valence-corrected chi connectivity index (χ4v) is 4.06. The van der Waals surface area contributed by atoms with Crippen molar-refractivity contribution in [3.8, 4) is 0 Å². The largest absolute Gasteiger partial charge is 0.481 e. The Labute approximate surface area is 151 Å². The molecule has 0 amide bonds. The molecule has 0 saturated carbocycles. The molecule has 22 heavy (non-hydrogen) atoms. The molecular formula is C17H32O2S3. The average molecular weight is 365 g/mol. The number of aliphatic carboxylic acids is 1. The number of hydrogen-bond donors (Lipinski definition) is 2. The summed E-state index contributed by atoms with van der Waals surface area (Å²) in [5.74, 6) is 0.307. The van der Waals surface area contributed by atoms with Crippen molar-refractivity contribution < 1.29 is 9.90 Å². The van der Waals surface area contributed by atoms with Crippen LogP contribution in [-0.4, -0.2) is 26.8 Å². The highest BCUT2D eigenvalue weighted by molar-refractivity contribution is 8.23. The van der Waals surface area contributed by atoms with E-state index in [2.05, 4.69) is 19.6 Å². The van der Waals surface area contributed by atoms with Crippen molar-refractivity contribution in [2.45, 2.75) is 78.1 Å². The Morgan fingerprint density at radius 2 is 1.50 bits per heavy atom. The molecule has 0 spiro atoms. The van der Waals surface area contributed by atoms with Gasteiger partial charge in [-0.1, -0.05) is 76.9 Å². The molecule has 2 nitrogen and oxygen atoms in total. The van der Waals surface area contributed by atoms with E-state index in [1.807, 2.05) is 0 Å². The maximum atomic E-state index is 11.2. The van der Waals surface area contributed by atoms with Crippen LogP contribution in [0.25, 0.3) is 0 Å². The highest BCUT2D eigenvalue weighted by atomic mass is 32.2. The average Bonchev–Trinajstić information content (AvgIpc) is 2.51. The van der Waals surface area contributed by atoms with Gasteiger partial charge < -0.3 is 5.11 Å². The van der Waals surface area contributed by atoms with Crippen molar-refractivity contribution >= 4 is 46.8 Å². The van der Waals surface area contributed by atoms with Gasteiger partial charge in [0.15, 0.2) is 0 Å². The molecule has 0 bridgehead atoms. The first kappa shape index (κ1) is 22.3. The molecule has 0 aliphatic heterocycles. The Morgan fingerprint density at radius 1 is 1.05 bits per heavy atom. The topological polar surface area (TPSA) is 37.3 Å². The van der Waals surface area contributed by atoms with Gasteiger partial charge in [-0.3, -0.25) is 4.79 Å². The Balaban J connectivity index is 3.54. The zero-order valence-electron chi connectivity index (χ0n) is 14.1.